The number of ether oxygens (including phenoxy) is 2. The van der Waals surface area contributed by atoms with Gasteiger partial charge < -0.3 is 9.47 Å². The van der Waals surface area contributed by atoms with Gasteiger partial charge in [-0.1, -0.05) is 11.6 Å². The van der Waals surface area contributed by atoms with Crippen LogP contribution in [-0.2, 0) is 16.1 Å². The maximum atomic E-state index is 12.0. The van der Waals surface area contributed by atoms with E-state index >= 15 is 0 Å². The predicted octanol–water partition coefficient (Wildman–Crippen LogP) is 2.43. The van der Waals surface area contributed by atoms with Gasteiger partial charge in [-0.3, -0.25) is 4.79 Å². The molecule has 9 heteroatoms. The fourth-order valence-electron chi connectivity index (χ4n) is 2.19. The quantitative estimate of drug-likeness (QED) is 0.454. The van der Waals surface area contributed by atoms with Crippen LogP contribution in [0.4, 0.5) is 0 Å². The third-order valence-electron chi connectivity index (χ3n) is 3.60. The Labute approximate surface area is 159 Å². The van der Waals surface area contributed by atoms with Crippen molar-refractivity contribution in [3.8, 4) is 17.1 Å². The van der Waals surface area contributed by atoms with Crippen molar-refractivity contribution >= 4 is 23.4 Å². The van der Waals surface area contributed by atoms with Crippen molar-refractivity contribution < 1.29 is 19.1 Å². The van der Waals surface area contributed by atoms with Crippen LogP contribution >= 0.6 is 11.6 Å². The van der Waals surface area contributed by atoms with Gasteiger partial charge in [0, 0.05) is 16.1 Å². The van der Waals surface area contributed by atoms with Crippen LogP contribution in [0.2, 0.25) is 5.02 Å². The Morgan fingerprint density at radius 3 is 2.44 bits per heavy atom. The van der Waals surface area contributed by atoms with E-state index < -0.39 is 5.97 Å². The minimum atomic E-state index is -0.642. The van der Waals surface area contributed by atoms with E-state index in [-0.39, 0.29) is 18.9 Å². The molecule has 0 N–H and O–H groups in total. The minimum Gasteiger partial charge on any atom is -0.497 e. The number of rotatable bonds is 7. The van der Waals surface area contributed by atoms with E-state index in [1.165, 1.54) is 7.11 Å². The predicted molar refractivity (Wildman–Crippen MR) is 96.5 cm³/mol. The van der Waals surface area contributed by atoms with Gasteiger partial charge in [-0.25, -0.2) is 4.79 Å². The molecule has 0 amide bonds. The summed E-state index contributed by atoms with van der Waals surface area (Å²) >= 11 is 5.84. The number of tetrazole rings is 1. The summed E-state index contributed by atoms with van der Waals surface area (Å²) in [6, 6.07) is 13.4. The topological polar surface area (TPSA) is 96.2 Å². The average molecular weight is 387 g/mol. The number of carbonyl (C=O) groups is 2. The number of nitrogens with zero attached hydrogens (tertiary/aromatic N) is 4. The van der Waals surface area contributed by atoms with Gasteiger partial charge >= 0.3 is 5.97 Å². The van der Waals surface area contributed by atoms with E-state index in [4.69, 9.17) is 21.1 Å². The molecule has 0 aliphatic heterocycles. The molecular formula is C18H15ClN4O4. The third kappa shape index (κ3) is 4.89. The Hall–Kier alpha value is -3.26. The Balaban J connectivity index is 1.53. The number of hydrogen-bond acceptors (Lipinski definition) is 7. The lowest BCUT2D eigenvalue weighted by molar-refractivity contribution is -0.143. The average Bonchev–Trinajstić information content (AvgIpc) is 3.15. The Morgan fingerprint density at radius 2 is 1.78 bits per heavy atom. The lowest BCUT2D eigenvalue weighted by Gasteiger charge is -2.04. The molecule has 0 bridgehead atoms. The number of esters is 1. The van der Waals surface area contributed by atoms with Gasteiger partial charge in [0.15, 0.2) is 18.9 Å². The van der Waals surface area contributed by atoms with Crippen LogP contribution in [0.5, 0.6) is 5.75 Å². The first-order chi connectivity index (χ1) is 13.0. The molecule has 0 aliphatic carbocycles. The molecule has 2 aromatic carbocycles. The lowest BCUT2D eigenvalue weighted by Crippen LogP contribution is -2.19. The largest absolute Gasteiger partial charge is 0.497 e. The Bertz CT molecular complexity index is 939. The molecule has 0 atom stereocenters. The highest BCUT2D eigenvalue weighted by molar-refractivity contribution is 6.30. The molecule has 0 aliphatic rings. The summed E-state index contributed by atoms with van der Waals surface area (Å²) in [5, 5.41) is 12.4. The van der Waals surface area contributed by atoms with Gasteiger partial charge in [-0.15, -0.1) is 10.2 Å². The molecule has 3 rings (SSSR count). The highest BCUT2D eigenvalue weighted by Crippen LogP contribution is 2.17. The number of ketones is 1. The van der Waals surface area contributed by atoms with Crippen molar-refractivity contribution in [1.82, 2.24) is 20.2 Å². The molecule has 0 saturated heterocycles. The zero-order chi connectivity index (χ0) is 19.2. The third-order valence-corrected chi connectivity index (χ3v) is 3.85. The molecule has 8 nitrogen and oxygen atoms in total. The number of hydrogen-bond donors (Lipinski definition) is 0. The molecule has 138 valence electrons. The summed E-state index contributed by atoms with van der Waals surface area (Å²) in [5.74, 6) is 0.0300. The number of halogens is 1. The molecule has 0 unspecified atom stereocenters. The van der Waals surface area contributed by atoms with Gasteiger partial charge in [0.05, 0.1) is 7.11 Å². The number of methoxy groups -OCH3 is 1. The van der Waals surface area contributed by atoms with Crippen LogP contribution in [-0.4, -0.2) is 45.7 Å². The van der Waals surface area contributed by atoms with E-state index in [1.54, 1.807) is 48.5 Å². The summed E-state index contributed by atoms with van der Waals surface area (Å²) in [6.07, 6.45) is 0. The van der Waals surface area contributed by atoms with E-state index in [9.17, 15) is 9.59 Å². The fraction of sp³-hybridized carbons (Fsp3) is 0.167. The fourth-order valence-corrected chi connectivity index (χ4v) is 2.32. The molecule has 0 fully saturated rings. The van der Waals surface area contributed by atoms with Gasteiger partial charge in [0.1, 0.15) is 5.75 Å². The molecule has 1 aromatic heterocycles. The van der Waals surface area contributed by atoms with E-state index in [0.717, 1.165) is 4.80 Å². The smallest absolute Gasteiger partial charge is 0.330 e. The summed E-state index contributed by atoms with van der Waals surface area (Å²) in [6.45, 7) is -0.625. The summed E-state index contributed by atoms with van der Waals surface area (Å²) in [4.78, 5) is 25.0. The second-order valence-electron chi connectivity index (χ2n) is 5.46. The van der Waals surface area contributed by atoms with Crippen molar-refractivity contribution in [2.75, 3.05) is 13.7 Å². The second kappa shape index (κ2) is 8.41. The van der Waals surface area contributed by atoms with Crippen LogP contribution in [0.25, 0.3) is 11.4 Å². The molecule has 3 aromatic rings. The number of benzene rings is 2. The van der Waals surface area contributed by atoms with Crippen LogP contribution in [0.15, 0.2) is 48.5 Å². The Kier molecular flexibility index (Phi) is 5.77. The first kappa shape index (κ1) is 18.5. The highest BCUT2D eigenvalue weighted by Gasteiger charge is 2.13. The van der Waals surface area contributed by atoms with E-state index in [0.29, 0.717) is 27.7 Å². The first-order valence-corrected chi connectivity index (χ1v) is 8.29. The van der Waals surface area contributed by atoms with Gasteiger partial charge in [-0.2, -0.15) is 4.80 Å². The van der Waals surface area contributed by atoms with Gasteiger partial charge in [0.25, 0.3) is 0 Å². The maximum Gasteiger partial charge on any atom is 0.330 e. The number of Topliss-reactive ketones (excluding diaryl/α,β-unsaturated/α-hetero) is 1. The van der Waals surface area contributed by atoms with Crippen molar-refractivity contribution in [1.29, 1.82) is 0 Å². The van der Waals surface area contributed by atoms with E-state index in [2.05, 4.69) is 15.4 Å². The zero-order valence-corrected chi connectivity index (χ0v) is 15.1. The molecular weight excluding hydrogens is 372 g/mol. The first-order valence-electron chi connectivity index (χ1n) is 7.92. The van der Waals surface area contributed by atoms with Crippen LogP contribution in [0.3, 0.4) is 0 Å². The standard InChI is InChI=1S/C18H15ClN4O4/c1-26-15-8-4-12(5-9-15)16(24)11-27-17(25)10-23-21-18(20-22-23)13-2-6-14(19)7-3-13/h2-9H,10-11H2,1H3. The van der Waals surface area contributed by atoms with Crippen molar-refractivity contribution in [3.05, 3.63) is 59.1 Å². The van der Waals surface area contributed by atoms with Crippen molar-refractivity contribution in [2.24, 2.45) is 0 Å². The summed E-state index contributed by atoms with van der Waals surface area (Å²) in [5.41, 5.74) is 1.14. The zero-order valence-electron chi connectivity index (χ0n) is 14.3. The molecule has 0 radical (unpaired) electrons. The van der Waals surface area contributed by atoms with Crippen LogP contribution < -0.4 is 4.74 Å². The maximum absolute atomic E-state index is 12.0. The summed E-state index contributed by atoms with van der Waals surface area (Å²) < 4.78 is 10.0. The lowest BCUT2D eigenvalue weighted by atomic mass is 10.1. The SMILES string of the molecule is COc1ccc(C(=O)COC(=O)Cn2nnc(-c3ccc(Cl)cc3)n2)cc1. The normalized spacial score (nSPS) is 10.4. The van der Waals surface area contributed by atoms with Crippen LogP contribution in [0.1, 0.15) is 10.4 Å². The monoisotopic (exact) mass is 386 g/mol. The van der Waals surface area contributed by atoms with E-state index in [1.807, 2.05) is 0 Å². The molecule has 1 heterocycles. The van der Waals surface area contributed by atoms with Gasteiger partial charge in [0.2, 0.25) is 5.82 Å². The molecule has 27 heavy (non-hydrogen) atoms. The second-order valence-corrected chi connectivity index (χ2v) is 5.90. The summed E-state index contributed by atoms with van der Waals surface area (Å²) in [7, 11) is 1.54. The van der Waals surface area contributed by atoms with Crippen molar-refractivity contribution in [3.63, 3.8) is 0 Å². The van der Waals surface area contributed by atoms with Gasteiger partial charge in [-0.05, 0) is 53.7 Å². The highest BCUT2D eigenvalue weighted by atomic mass is 35.5. The van der Waals surface area contributed by atoms with Crippen LogP contribution in [0, 0.1) is 0 Å². The molecule has 0 spiro atoms. The van der Waals surface area contributed by atoms with Crippen molar-refractivity contribution in [2.45, 2.75) is 6.54 Å². The number of aromatic nitrogens is 4. The molecule has 0 saturated carbocycles. The minimum absolute atomic E-state index is 0.253. The Morgan fingerprint density at radius 1 is 1.07 bits per heavy atom. The number of carbonyl (C=O) groups excluding carboxylic acids is 2.